The second kappa shape index (κ2) is 7.09. The van der Waals surface area contributed by atoms with Crippen LogP contribution in [0, 0.1) is 13.8 Å². The third-order valence-electron chi connectivity index (χ3n) is 3.24. The zero-order chi connectivity index (χ0) is 15.3. The first-order chi connectivity index (χ1) is 9.46. The Bertz CT molecular complexity index is 488. The predicted octanol–water partition coefficient (Wildman–Crippen LogP) is 1.65. The van der Waals surface area contributed by atoms with E-state index in [4.69, 9.17) is 15.7 Å². The molecule has 0 amide bonds. The summed E-state index contributed by atoms with van der Waals surface area (Å²) >= 11 is 0. The molecule has 0 aromatic carbocycles. The molecule has 0 aliphatic heterocycles. The fraction of sp³-hybridized carbons (Fsp3) is 0.571. The molecule has 0 bridgehead atoms. The number of oxime groups is 1. The Labute approximate surface area is 120 Å². The van der Waals surface area contributed by atoms with Crippen LogP contribution in [0.3, 0.4) is 0 Å². The maximum absolute atomic E-state index is 8.99. The van der Waals surface area contributed by atoms with Crippen LogP contribution < -0.4 is 10.6 Å². The van der Waals surface area contributed by atoms with Gasteiger partial charge in [-0.05, 0) is 39.3 Å². The van der Waals surface area contributed by atoms with Crippen molar-refractivity contribution in [3.63, 3.8) is 0 Å². The number of nitrogens with two attached hydrogens (primary N) is 1. The summed E-state index contributed by atoms with van der Waals surface area (Å²) in [6, 6.07) is 2.06. The summed E-state index contributed by atoms with van der Waals surface area (Å²) in [5.74, 6) is 0.804. The zero-order valence-corrected chi connectivity index (χ0v) is 12.8. The number of nitrogens with zero attached hydrogens (tertiary/aromatic N) is 3. The molecule has 112 valence electrons. The SMILES string of the molecule is CCN(c1nc(C)cc(C)c1C(N)=NO)C(C)COC. The first-order valence-electron chi connectivity index (χ1n) is 6.67. The highest BCUT2D eigenvalue weighted by Gasteiger charge is 2.21. The third-order valence-corrected chi connectivity index (χ3v) is 3.24. The van der Waals surface area contributed by atoms with Crippen molar-refractivity contribution in [2.75, 3.05) is 25.2 Å². The number of ether oxygens (including phenoxy) is 1. The number of pyridine rings is 1. The molecule has 1 aromatic rings. The Hall–Kier alpha value is -1.82. The number of anilines is 1. The Morgan fingerprint density at radius 2 is 2.20 bits per heavy atom. The number of hydrogen-bond acceptors (Lipinski definition) is 5. The van der Waals surface area contributed by atoms with Crippen molar-refractivity contribution in [3.05, 3.63) is 22.9 Å². The van der Waals surface area contributed by atoms with E-state index in [1.165, 1.54) is 0 Å². The van der Waals surface area contributed by atoms with E-state index in [2.05, 4.69) is 22.0 Å². The summed E-state index contributed by atoms with van der Waals surface area (Å²) in [6.07, 6.45) is 0. The van der Waals surface area contributed by atoms with E-state index in [0.717, 1.165) is 23.6 Å². The highest BCUT2D eigenvalue weighted by atomic mass is 16.5. The number of likely N-dealkylation sites (N-methyl/N-ethyl adjacent to an activating group) is 1. The molecule has 1 aromatic heterocycles. The van der Waals surface area contributed by atoms with Gasteiger partial charge in [0.05, 0.1) is 18.2 Å². The zero-order valence-electron chi connectivity index (χ0n) is 12.8. The van der Waals surface area contributed by atoms with E-state index < -0.39 is 0 Å². The highest BCUT2D eigenvalue weighted by Crippen LogP contribution is 2.24. The molecule has 1 heterocycles. The van der Waals surface area contributed by atoms with Crippen molar-refractivity contribution < 1.29 is 9.94 Å². The molecule has 0 radical (unpaired) electrons. The van der Waals surface area contributed by atoms with Gasteiger partial charge in [0, 0.05) is 19.3 Å². The quantitative estimate of drug-likeness (QED) is 0.358. The van der Waals surface area contributed by atoms with Gasteiger partial charge in [-0.25, -0.2) is 4.98 Å². The van der Waals surface area contributed by atoms with Crippen molar-refractivity contribution in [3.8, 4) is 0 Å². The average Bonchev–Trinajstić information content (AvgIpc) is 2.38. The lowest BCUT2D eigenvalue weighted by Gasteiger charge is -2.31. The monoisotopic (exact) mass is 280 g/mol. The molecule has 6 nitrogen and oxygen atoms in total. The fourth-order valence-electron chi connectivity index (χ4n) is 2.39. The van der Waals surface area contributed by atoms with E-state index >= 15 is 0 Å². The molecule has 20 heavy (non-hydrogen) atoms. The van der Waals surface area contributed by atoms with Crippen LogP contribution in [0.1, 0.15) is 30.7 Å². The number of methoxy groups -OCH3 is 1. The topological polar surface area (TPSA) is 84.0 Å². The van der Waals surface area contributed by atoms with Crippen LogP contribution >= 0.6 is 0 Å². The van der Waals surface area contributed by atoms with Gasteiger partial charge < -0.3 is 20.6 Å². The molecule has 1 unspecified atom stereocenters. The van der Waals surface area contributed by atoms with E-state index in [0.29, 0.717) is 12.2 Å². The number of aryl methyl sites for hydroxylation is 2. The van der Waals surface area contributed by atoms with Gasteiger partial charge in [0.1, 0.15) is 5.82 Å². The van der Waals surface area contributed by atoms with Crippen molar-refractivity contribution in [1.29, 1.82) is 0 Å². The van der Waals surface area contributed by atoms with Crippen LogP contribution in [0.25, 0.3) is 0 Å². The first-order valence-corrected chi connectivity index (χ1v) is 6.67. The summed E-state index contributed by atoms with van der Waals surface area (Å²) in [5, 5.41) is 12.1. The highest BCUT2D eigenvalue weighted by molar-refractivity contribution is 6.02. The van der Waals surface area contributed by atoms with Gasteiger partial charge in [0.15, 0.2) is 5.84 Å². The molecule has 0 saturated heterocycles. The normalized spacial score (nSPS) is 13.3. The summed E-state index contributed by atoms with van der Waals surface area (Å²) in [7, 11) is 1.67. The van der Waals surface area contributed by atoms with Gasteiger partial charge in [-0.15, -0.1) is 0 Å². The van der Waals surface area contributed by atoms with Gasteiger partial charge in [-0.2, -0.15) is 0 Å². The van der Waals surface area contributed by atoms with E-state index in [-0.39, 0.29) is 11.9 Å². The van der Waals surface area contributed by atoms with Crippen molar-refractivity contribution in [1.82, 2.24) is 4.98 Å². The van der Waals surface area contributed by atoms with Crippen LogP contribution in [-0.2, 0) is 4.74 Å². The third kappa shape index (κ3) is 3.39. The van der Waals surface area contributed by atoms with Gasteiger partial charge in [-0.1, -0.05) is 5.16 Å². The molecular formula is C14H24N4O2. The molecule has 1 rings (SSSR count). The number of rotatable bonds is 6. The van der Waals surface area contributed by atoms with Crippen molar-refractivity contribution >= 4 is 11.7 Å². The van der Waals surface area contributed by atoms with Gasteiger partial charge in [0.25, 0.3) is 0 Å². The minimum absolute atomic E-state index is 0.0769. The second-order valence-electron chi connectivity index (χ2n) is 4.85. The summed E-state index contributed by atoms with van der Waals surface area (Å²) in [4.78, 5) is 6.67. The fourth-order valence-corrected chi connectivity index (χ4v) is 2.39. The maximum Gasteiger partial charge on any atom is 0.174 e. The smallest absolute Gasteiger partial charge is 0.174 e. The largest absolute Gasteiger partial charge is 0.409 e. The van der Waals surface area contributed by atoms with Gasteiger partial charge in [-0.3, -0.25) is 0 Å². The van der Waals surface area contributed by atoms with E-state index in [9.17, 15) is 0 Å². The Morgan fingerprint density at radius 1 is 1.55 bits per heavy atom. The molecule has 6 heteroatoms. The number of hydrogen-bond donors (Lipinski definition) is 2. The Balaban J connectivity index is 3.40. The first kappa shape index (κ1) is 16.2. The lowest BCUT2D eigenvalue weighted by Crippen LogP contribution is -2.38. The molecule has 3 N–H and O–H groups in total. The molecular weight excluding hydrogens is 256 g/mol. The maximum atomic E-state index is 8.99. The predicted molar refractivity (Wildman–Crippen MR) is 80.6 cm³/mol. The molecule has 1 atom stereocenters. The molecule has 0 fully saturated rings. The van der Waals surface area contributed by atoms with Crippen molar-refractivity contribution in [2.24, 2.45) is 10.9 Å². The van der Waals surface area contributed by atoms with E-state index in [1.807, 2.05) is 26.8 Å². The second-order valence-corrected chi connectivity index (χ2v) is 4.85. The number of aromatic nitrogens is 1. The van der Waals surface area contributed by atoms with Crippen LogP contribution in [0.5, 0.6) is 0 Å². The van der Waals surface area contributed by atoms with Crippen LogP contribution in [0.2, 0.25) is 0 Å². The number of amidine groups is 1. The summed E-state index contributed by atoms with van der Waals surface area (Å²) in [5.41, 5.74) is 8.32. The lowest BCUT2D eigenvalue weighted by atomic mass is 10.1. The average molecular weight is 280 g/mol. The summed E-state index contributed by atoms with van der Waals surface area (Å²) in [6.45, 7) is 9.30. The minimum Gasteiger partial charge on any atom is -0.409 e. The Morgan fingerprint density at radius 3 is 2.70 bits per heavy atom. The minimum atomic E-state index is 0.0769. The molecule has 0 saturated carbocycles. The van der Waals surface area contributed by atoms with Crippen LogP contribution in [0.4, 0.5) is 5.82 Å². The van der Waals surface area contributed by atoms with Crippen molar-refractivity contribution in [2.45, 2.75) is 33.7 Å². The van der Waals surface area contributed by atoms with Gasteiger partial charge >= 0.3 is 0 Å². The summed E-state index contributed by atoms with van der Waals surface area (Å²) < 4.78 is 5.21. The Kier molecular flexibility index (Phi) is 5.76. The van der Waals surface area contributed by atoms with Crippen LogP contribution in [0.15, 0.2) is 11.2 Å². The standard InChI is InChI=1S/C14H24N4O2/c1-6-18(11(4)8-20-5)14-12(13(15)17-19)9(2)7-10(3)16-14/h7,11,19H,6,8H2,1-5H3,(H2,15,17). The van der Waals surface area contributed by atoms with Gasteiger partial charge in [0.2, 0.25) is 0 Å². The molecule has 0 aliphatic carbocycles. The molecule has 0 aliphatic rings. The van der Waals surface area contributed by atoms with E-state index in [1.54, 1.807) is 7.11 Å². The van der Waals surface area contributed by atoms with Crippen LogP contribution in [-0.4, -0.2) is 42.3 Å². The lowest BCUT2D eigenvalue weighted by molar-refractivity contribution is 0.181. The molecule has 0 spiro atoms.